The molecule has 0 bridgehead atoms. The maximum atomic E-state index is 4.61. The first-order valence-electron chi connectivity index (χ1n) is 8.06. The van der Waals surface area contributed by atoms with Crippen LogP contribution in [0.3, 0.4) is 0 Å². The summed E-state index contributed by atoms with van der Waals surface area (Å²) in [6.07, 6.45) is 4.24. The fourth-order valence-corrected chi connectivity index (χ4v) is 3.91. The maximum Gasteiger partial charge on any atom is 0.147 e. The molecule has 0 radical (unpaired) electrons. The Hall–Kier alpha value is -1.52. The average Bonchev–Trinajstić information content (AvgIpc) is 2.58. The van der Waals surface area contributed by atoms with Crippen molar-refractivity contribution >= 4 is 23.3 Å². The van der Waals surface area contributed by atoms with Gasteiger partial charge in [0.25, 0.3) is 0 Å². The Kier molecular flexibility index (Phi) is 5.01. The zero-order chi connectivity index (χ0) is 15.4. The normalized spacial score (nSPS) is 13.1. The van der Waals surface area contributed by atoms with E-state index in [1.807, 2.05) is 24.0 Å². The van der Waals surface area contributed by atoms with Gasteiger partial charge in [0.1, 0.15) is 5.82 Å². The van der Waals surface area contributed by atoms with E-state index in [1.54, 1.807) is 0 Å². The Morgan fingerprint density at radius 1 is 1.09 bits per heavy atom. The summed E-state index contributed by atoms with van der Waals surface area (Å²) in [5.74, 6) is 1.08. The van der Waals surface area contributed by atoms with Crippen LogP contribution in [0.5, 0.6) is 0 Å². The van der Waals surface area contributed by atoms with Crippen LogP contribution in [-0.4, -0.2) is 24.1 Å². The fraction of sp³-hybridized carbons (Fsp3) is 0.389. The lowest BCUT2D eigenvalue weighted by Gasteiger charge is -2.32. The van der Waals surface area contributed by atoms with Gasteiger partial charge in [-0.05, 0) is 37.1 Å². The molecule has 0 saturated heterocycles. The number of fused-ring (bicyclic) bond motifs is 2. The van der Waals surface area contributed by atoms with Crippen LogP contribution < -0.4 is 10.2 Å². The summed E-state index contributed by atoms with van der Waals surface area (Å²) in [5.41, 5.74) is 1.27. The molecular weight excluding hydrogens is 290 g/mol. The Balaban J connectivity index is 1.80. The predicted molar refractivity (Wildman–Crippen MR) is 94.2 cm³/mol. The molecule has 116 valence electrons. The highest BCUT2D eigenvalue weighted by Crippen LogP contribution is 2.46. The van der Waals surface area contributed by atoms with E-state index in [-0.39, 0.29) is 0 Å². The van der Waals surface area contributed by atoms with E-state index < -0.39 is 0 Å². The first-order chi connectivity index (χ1) is 10.8. The van der Waals surface area contributed by atoms with Gasteiger partial charge in [-0.25, -0.2) is 4.98 Å². The van der Waals surface area contributed by atoms with Gasteiger partial charge in [-0.2, -0.15) is 0 Å². The average molecular weight is 313 g/mol. The Morgan fingerprint density at radius 3 is 2.68 bits per heavy atom. The third kappa shape index (κ3) is 3.13. The third-order valence-corrected chi connectivity index (χ3v) is 5.24. The van der Waals surface area contributed by atoms with Gasteiger partial charge in [0.2, 0.25) is 0 Å². The number of pyridine rings is 1. The van der Waals surface area contributed by atoms with Crippen molar-refractivity contribution in [3.8, 4) is 0 Å². The minimum Gasteiger partial charge on any atom is -0.323 e. The zero-order valence-corrected chi connectivity index (χ0v) is 14.1. The fourth-order valence-electron chi connectivity index (χ4n) is 2.85. The lowest BCUT2D eigenvalue weighted by molar-refractivity contribution is 0.490. The van der Waals surface area contributed by atoms with Crippen molar-refractivity contribution in [3.63, 3.8) is 0 Å². The van der Waals surface area contributed by atoms with Gasteiger partial charge in [-0.1, -0.05) is 37.7 Å². The van der Waals surface area contributed by atoms with Gasteiger partial charge in [0.15, 0.2) is 0 Å². The molecule has 22 heavy (non-hydrogen) atoms. The molecule has 3 rings (SSSR count). The first kappa shape index (κ1) is 15.4. The minimum absolute atomic E-state index is 0.609. The van der Waals surface area contributed by atoms with E-state index >= 15 is 0 Å². The number of nitrogens with zero attached hydrogens (tertiary/aromatic N) is 2. The molecule has 0 spiro atoms. The number of aromatic nitrogens is 1. The standard InChI is InChI=1S/C18H23N3S/c1-3-14(4-2)19-12-13-21-15-8-5-6-9-16(15)22-17-10-7-11-20-18(17)21/h5-11,14,19H,3-4,12-13H2,1-2H3. The van der Waals surface area contributed by atoms with Gasteiger partial charge in [0.05, 0.1) is 10.6 Å². The van der Waals surface area contributed by atoms with E-state index in [2.05, 4.69) is 59.4 Å². The monoisotopic (exact) mass is 313 g/mol. The number of para-hydroxylation sites is 1. The lowest BCUT2D eigenvalue weighted by Crippen LogP contribution is -2.36. The molecule has 1 aromatic carbocycles. The molecule has 1 aliphatic rings. The van der Waals surface area contributed by atoms with Crippen LogP contribution >= 0.6 is 11.8 Å². The summed E-state index contributed by atoms with van der Waals surface area (Å²) in [6, 6.07) is 13.4. The second-order valence-electron chi connectivity index (χ2n) is 5.51. The topological polar surface area (TPSA) is 28.2 Å². The summed E-state index contributed by atoms with van der Waals surface area (Å²) in [5, 5.41) is 3.65. The SMILES string of the molecule is CCC(CC)NCCN1c2ccccc2Sc2cccnc21. The second-order valence-corrected chi connectivity index (χ2v) is 6.60. The van der Waals surface area contributed by atoms with E-state index in [9.17, 15) is 0 Å². The number of rotatable bonds is 6. The molecule has 0 atom stereocenters. The van der Waals surface area contributed by atoms with Gasteiger partial charge in [-0.15, -0.1) is 0 Å². The van der Waals surface area contributed by atoms with Gasteiger partial charge in [-0.3, -0.25) is 0 Å². The van der Waals surface area contributed by atoms with E-state index in [0.717, 1.165) is 18.9 Å². The molecule has 1 N–H and O–H groups in total. The van der Waals surface area contributed by atoms with Crippen LogP contribution in [0.25, 0.3) is 0 Å². The predicted octanol–water partition coefficient (Wildman–Crippen LogP) is 4.46. The summed E-state index contributed by atoms with van der Waals surface area (Å²) in [7, 11) is 0. The third-order valence-electron chi connectivity index (χ3n) is 4.14. The molecule has 0 aliphatic carbocycles. The summed E-state index contributed by atoms with van der Waals surface area (Å²) in [4.78, 5) is 9.51. The van der Waals surface area contributed by atoms with Crippen LogP contribution in [0.15, 0.2) is 52.4 Å². The molecule has 4 heteroatoms. The van der Waals surface area contributed by atoms with E-state index in [0.29, 0.717) is 6.04 Å². The molecule has 0 unspecified atom stereocenters. The molecule has 0 amide bonds. The van der Waals surface area contributed by atoms with Gasteiger partial charge < -0.3 is 10.2 Å². The number of nitrogens with one attached hydrogen (secondary N) is 1. The van der Waals surface area contributed by atoms with Crippen molar-refractivity contribution in [2.24, 2.45) is 0 Å². The Morgan fingerprint density at radius 2 is 1.86 bits per heavy atom. The Labute approximate surface area is 137 Å². The largest absolute Gasteiger partial charge is 0.323 e. The quantitative estimate of drug-likeness (QED) is 0.852. The van der Waals surface area contributed by atoms with Crippen LogP contribution in [0.4, 0.5) is 11.5 Å². The van der Waals surface area contributed by atoms with Crippen molar-refractivity contribution in [1.82, 2.24) is 10.3 Å². The highest BCUT2D eigenvalue weighted by atomic mass is 32.2. The summed E-state index contributed by atoms with van der Waals surface area (Å²) >= 11 is 1.81. The minimum atomic E-state index is 0.609. The first-order valence-corrected chi connectivity index (χ1v) is 8.88. The molecule has 1 aliphatic heterocycles. The second kappa shape index (κ2) is 7.16. The molecular formula is C18H23N3S. The maximum absolute atomic E-state index is 4.61. The molecule has 0 fully saturated rings. The molecule has 2 heterocycles. The van der Waals surface area contributed by atoms with Gasteiger partial charge >= 0.3 is 0 Å². The number of hydrogen-bond donors (Lipinski definition) is 1. The van der Waals surface area contributed by atoms with Crippen molar-refractivity contribution in [2.75, 3.05) is 18.0 Å². The van der Waals surface area contributed by atoms with Crippen molar-refractivity contribution < 1.29 is 0 Å². The van der Waals surface area contributed by atoms with Crippen LogP contribution in [0.2, 0.25) is 0 Å². The molecule has 3 nitrogen and oxygen atoms in total. The number of benzene rings is 1. The number of hydrogen-bond acceptors (Lipinski definition) is 4. The summed E-state index contributed by atoms with van der Waals surface area (Å²) < 4.78 is 0. The molecule has 2 aromatic rings. The van der Waals surface area contributed by atoms with Crippen molar-refractivity contribution in [2.45, 2.75) is 42.5 Å². The Bertz CT molecular complexity index is 580. The van der Waals surface area contributed by atoms with Gasteiger partial charge in [0, 0.05) is 30.2 Å². The molecule has 0 saturated carbocycles. The highest BCUT2D eigenvalue weighted by Gasteiger charge is 2.23. The highest BCUT2D eigenvalue weighted by molar-refractivity contribution is 7.99. The smallest absolute Gasteiger partial charge is 0.147 e. The van der Waals surface area contributed by atoms with E-state index in [1.165, 1.54) is 28.3 Å². The summed E-state index contributed by atoms with van der Waals surface area (Å²) in [6.45, 7) is 6.40. The van der Waals surface area contributed by atoms with Crippen molar-refractivity contribution in [1.29, 1.82) is 0 Å². The lowest BCUT2D eigenvalue weighted by atomic mass is 10.2. The zero-order valence-electron chi connectivity index (χ0n) is 13.2. The molecule has 1 aromatic heterocycles. The van der Waals surface area contributed by atoms with Crippen LogP contribution in [-0.2, 0) is 0 Å². The van der Waals surface area contributed by atoms with Crippen LogP contribution in [0, 0.1) is 0 Å². The van der Waals surface area contributed by atoms with Crippen LogP contribution in [0.1, 0.15) is 26.7 Å². The number of anilines is 2. The van der Waals surface area contributed by atoms with Crippen molar-refractivity contribution in [3.05, 3.63) is 42.6 Å². The van der Waals surface area contributed by atoms with E-state index in [4.69, 9.17) is 0 Å².